The van der Waals surface area contributed by atoms with Crippen LogP contribution < -0.4 is 0 Å². The van der Waals surface area contributed by atoms with Crippen LogP contribution in [-0.4, -0.2) is 11.1 Å². The van der Waals surface area contributed by atoms with Gasteiger partial charge in [0.05, 0.1) is 5.56 Å². The molecular formula is C22H14ClFO3. The molecule has 0 amide bonds. The molecule has 0 unspecified atom stereocenters. The number of carbonyl (C=O) groups is 1. The number of fused-ring (bicyclic) bond motifs is 1. The van der Waals surface area contributed by atoms with Crippen molar-refractivity contribution in [2.45, 2.75) is 6.42 Å². The molecule has 0 spiro atoms. The molecule has 1 heterocycles. The fraction of sp³-hybridized carbons (Fsp3) is 0.0455. The quantitative estimate of drug-likeness (QED) is 0.459. The summed E-state index contributed by atoms with van der Waals surface area (Å²) in [6, 6.07) is 18.7. The van der Waals surface area contributed by atoms with Gasteiger partial charge >= 0.3 is 5.97 Å². The van der Waals surface area contributed by atoms with Crippen LogP contribution in [0.2, 0.25) is 5.02 Å². The van der Waals surface area contributed by atoms with Gasteiger partial charge in [0.25, 0.3) is 0 Å². The average molecular weight is 381 g/mol. The topological polar surface area (TPSA) is 50.4 Å². The summed E-state index contributed by atoms with van der Waals surface area (Å²) in [5.74, 6) is -0.687. The van der Waals surface area contributed by atoms with E-state index in [1.54, 1.807) is 24.3 Å². The molecule has 27 heavy (non-hydrogen) atoms. The monoisotopic (exact) mass is 380 g/mol. The van der Waals surface area contributed by atoms with E-state index in [4.69, 9.17) is 16.0 Å². The zero-order chi connectivity index (χ0) is 19.0. The minimum atomic E-state index is -0.972. The van der Waals surface area contributed by atoms with Crippen LogP contribution in [0.25, 0.3) is 22.1 Å². The number of furan rings is 1. The Hall–Kier alpha value is -3.11. The van der Waals surface area contributed by atoms with Crippen molar-refractivity contribution in [1.29, 1.82) is 0 Å². The lowest BCUT2D eigenvalue weighted by Gasteiger charge is -2.04. The standard InChI is InChI=1S/C22H14ClFO3/c23-16-7-13(8-17(24)11-16)9-18-12-20-19(5-2-6-21(20)27-18)14-3-1-4-15(10-14)22(25)26/h1-8,10-12H,9H2,(H,25,26). The number of rotatable bonds is 4. The second kappa shape index (κ2) is 6.89. The highest BCUT2D eigenvalue weighted by Crippen LogP contribution is 2.32. The van der Waals surface area contributed by atoms with Crippen molar-refractivity contribution in [3.8, 4) is 11.1 Å². The van der Waals surface area contributed by atoms with Crippen molar-refractivity contribution >= 4 is 28.5 Å². The molecule has 0 bridgehead atoms. The van der Waals surface area contributed by atoms with E-state index >= 15 is 0 Å². The van der Waals surface area contributed by atoms with Gasteiger partial charge in [-0.15, -0.1) is 0 Å². The third-order valence-electron chi connectivity index (χ3n) is 4.33. The van der Waals surface area contributed by atoms with Crippen LogP contribution >= 0.6 is 11.6 Å². The van der Waals surface area contributed by atoms with Crippen LogP contribution in [0.3, 0.4) is 0 Å². The molecule has 0 aliphatic rings. The predicted octanol–water partition coefficient (Wildman–Crippen LogP) is 6.18. The lowest BCUT2D eigenvalue weighted by Crippen LogP contribution is -1.95. The highest BCUT2D eigenvalue weighted by molar-refractivity contribution is 6.30. The van der Waals surface area contributed by atoms with Crippen LogP contribution in [0, 0.1) is 5.82 Å². The molecule has 0 saturated carbocycles. The van der Waals surface area contributed by atoms with Crippen LogP contribution in [0.5, 0.6) is 0 Å². The molecule has 3 aromatic carbocycles. The fourth-order valence-corrected chi connectivity index (χ4v) is 3.43. The average Bonchev–Trinajstić information content (AvgIpc) is 3.03. The van der Waals surface area contributed by atoms with Crippen LogP contribution in [0.15, 0.2) is 71.1 Å². The van der Waals surface area contributed by atoms with Gasteiger partial charge in [0.2, 0.25) is 0 Å². The molecule has 1 aromatic heterocycles. The molecule has 0 aliphatic carbocycles. The first kappa shape index (κ1) is 17.3. The Labute approximate surface area is 159 Å². The summed E-state index contributed by atoms with van der Waals surface area (Å²) in [6.07, 6.45) is 0.404. The Balaban J connectivity index is 1.76. The van der Waals surface area contributed by atoms with Gasteiger partial charge in [-0.1, -0.05) is 35.9 Å². The molecule has 134 valence electrons. The Kier molecular flexibility index (Phi) is 4.42. The van der Waals surface area contributed by atoms with Crippen molar-refractivity contribution in [3.05, 3.63) is 94.5 Å². The first-order valence-electron chi connectivity index (χ1n) is 8.30. The molecule has 5 heteroatoms. The van der Waals surface area contributed by atoms with Gasteiger partial charge < -0.3 is 9.52 Å². The highest BCUT2D eigenvalue weighted by atomic mass is 35.5. The van der Waals surface area contributed by atoms with Gasteiger partial charge in [-0.3, -0.25) is 0 Å². The number of halogens is 2. The maximum Gasteiger partial charge on any atom is 0.335 e. The summed E-state index contributed by atoms with van der Waals surface area (Å²) in [5, 5.41) is 10.4. The summed E-state index contributed by atoms with van der Waals surface area (Å²) in [5.41, 5.74) is 3.30. The van der Waals surface area contributed by atoms with Gasteiger partial charge in [-0.25, -0.2) is 9.18 Å². The molecule has 1 N–H and O–H groups in total. The second-order valence-electron chi connectivity index (χ2n) is 6.27. The smallest absolute Gasteiger partial charge is 0.335 e. The normalized spacial score (nSPS) is 11.0. The number of benzene rings is 3. The molecule has 0 aliphatic heterocycles. The van der Waals surface area contributed by atoms with Gasteiger partial charge in [0.1, 0.15) is 17.2 Å². The summed E-state index contributed by atoms with van der Waals surface area (Å²) in [4.78, 5) is 11.3. The number of carboxylic acids is 1. The third kappa shape index (κ3) is 3.57. The summed E-state index contributed by atoms with van der Waals surface area (Å²) >= 11 is 5.92. The Morgan fingerprint density at radius 3 is 2.63 bits per heavy atom. The minimum absolute atomic E-state index is 0.225. The summed E-state index contributed by atoms with van der Waals surface area (Å²) in [6.45, 7) is 0. The Morgan fingerprint density at radius 1 is 1.04 bits per heavy atom. The van der Waals surface area contributed by atoms with Gasteiger partial charge in [0.15, 0.2) is 0 Å². The molecule has 0 saturated heterocycles. The molecule has 4 aromatic rings. The Morgan fingerprint density at radius 2 is 1.85 bits per heavy atom. The van der Waals surface area contributed by atoms with Crippen LogP contribution in [0.4, 0.5) is 4.39 Å². The van der Waals surface area contributed by atoms with Gasteiger partial charge in [-0.2, -0.15) is 0 Å². The van der Waals surface area contributed by atoms with E-state index in [0.717, 1.165) is 16.5 Å². The van der Waals surface area contributed by atoms with E-state index in [0.29, 0.717) is 28.4 Å². The second-order valence-corrected chi connectivity index (χ2v) is 6.71. The zero-order valence-corrected chi connectivity index (χ0v) is 14.8. The molecule has 3 nitrogen and oxygen atoms in total. The molecule has 0 fully saturated rings. The third-order valence-corrected chi connectivity index (χ3v) is 4.55. The fourth-order valence-electron chi connectivity index (χ4n) is 3.19. The lowest BCUT2D eigenvalue weighted by atomic mass is 9.99. The van der Waals surface area contributed by atoms with Crippen molar-refractivity contribution < 1.29 is 18.7 Å². The maximum absolute atomic E-state index is 13.6. The summed E-state index contributed by atoms with van der Waals surface area (Å²) in [7, 11) is 0. The van der Waals surface area contributed by atoms with E-state index in [2.05, 4.69) is 0 Å². The van der Waals surface area contributed by atoms with Crippen LogP contribution in [0.1, 0.15) is 21.7 Å². The highest BCUT2D eigenvalue weighted by Gasteiger charge is 2.12. The van der Waals surface area contributed by atoms with E-state index < -0.39 is 5.97 Å². The van der Waals surface area contributed by atoms with Crippen molar-refractivity contribution in [1.82, 2.24) is 0 Å². The minimum Gasteiger partial charge on any atom is -0.478 e. The summed E-state index contributed by atoms with van der Waals surface area (Å²) < 4.78 is 19.5. The van der Waals surface area contributed by atoms with Gasteiger partial charge in [-0.05, 0) is 59.2 Å². The molecular weight excluding hydrogens is 367 g/mol. The van der Waals surface area contributed by atoms with E-state index in [1.165, 1.54) is 12.1 Å². The largest absolute Gasteiger partial charge is 0.478 e. The number of carboxylic acid groups (broad SMARTS) is 1. The number of hydrogen-bond donors (Lipinski definition) is 1. The van der Waals surface area contributed by atoms with E-state index in [1.807, 2.05) is 30.3 Å². The zero-order valence-electron chi connectivity index (χ0n) is 14.1. The predicted molar refractivity (Wildman–Crippen MR) is 103 cm³/mol. The van der Waals surface area contributed by atoms with Crippen LogP contribution in [-0.2, 0) is 6.42 Å². The van der Waals surface area contributed by atoms with Crippen molar-refractivity contribution in [3.63, 3.8) is 0 Å². The molecule has 4 rings (SSSR count). The van der Waals surface area contributed by atoms with E-state index in [-0.39, 0.29) is 11.4 Å². The molecule has 0 atom stereocenters. The number of aromatic carboxylic acids is 1. The SMILES string of the molecule is O=C(O)c1cccc(-c2cccc3oc(Cc4cc(F)cc(Cl)c4)cc23)c1. The van der Waals surface area contributed by atoms with E-state index in [9.17, 15) is 14.3 Å². The Bertz CT molecular complexity index is 1140. The molecule has 0 radical (unpaired) electrons. The van der Waals surface area contributed by atoms with Crippen molar-refractivity contribution in [2.24, 2.45) is 0 Å². The maximum atomic E-state index is 13.6. The first-order valence-corrected chi connectivity index (χ1v) is 8.67. The number of hydrogen-bond acceptors (Lipinski definition) is 2. The van der Waals surface area contributed by atoms with Gasteiger partial charge in [0, 0.05) is 16.8 Å². The lowest BCUT2D eigenvalue weighted by molar-refractivity contribution is 0.0697. The first-order chi connectivity index (χ1) is 13.0. The van der Waals surface area contributed by atoms with Crippen molar-refractivity contribution in [2.75, 3.05) is 0 Å².